The molecule has 0 aliphatic heterocycles. The smallest absolute Gasteiger partial charge is 0.127 e. The topological polar surface area (TPSA) is 32.3 Å². The van der Waals surface area contributed by atoms with E-state index < -0.39 is 5.60 Å². The summed E-state index contributed by atoms with van der Waals surface area (Å²) < 4.78 is 14.7. The van der Waals surface area contributed by atoms with Crippen molar-refractivity contribution in [3.8, 4) is 0 Å². The molecule has 1 aromatic rings. The van der Waals surface area contributed by atoms with Crippen molar-refractivity contribution in [1.29, 1.82) is 0 Å². The summed E-state index contributed by atoms with van der Waals surface area (Å²) in [5.41, 5.74) is 1.29. The Morgan fingerprint density at radius 1 is 1.48 bits per heavy atom. The summed E-state index contributed by atoms with van der Waals surface area (Å²) in [7, 11) is 0. The third-order valence-corrected chi connectivity index (χ3v) is 6.58. The van der Waals surface area contributed by atoms with Gasteiger partial charge >= 0.3 is 0 Å². The highest BCUT2D eigenvalue weighted by Gasteiger charge is 2.45. The van der Waals surface area contributed by atoms with Gasteiger partial charge in [0.2, 0.25) is 0 Å². The molecule has 2 N–H and O–H groups in total. The summed E-state index contributed by atoms with van der Waals surface area (Å²) in [6.45, 7) is 2.73. The first-order valence-electron chi connectivity index (χ1n) is 7.58. The van der Waals surface area contributed by atoms with E-state index in [0.29, 0.717) is 11.8 Å². The lowest BCUT2D eigenvalue weighted by atomic mass is 9.79. The molecule has 0 unspecified atom stereocenters. The van der Waals surface area contributed by atoms with Crippen LogP contribution in [0.25, 0.3) is 0 Å². The Kier molecular flexibility index (Phi) is 4.65. The molecule has 3 rings (SSSR count). The van der Waals surface area contributed by atoms with Crippen LogP contribution in [0.2, 0.25) is 0 Å². The van der Waals surface area contributed by atoms with Gasteiger partial charge in [-0.05, 0) is 54.7 Å². The standard InChI is InChI=1S/C16H21BrFNOS/c1-2-21-15-5-6-16(15,20)9-19-14-4-3-11-12(14)7-10(17)8-13(11)18/h7-8,14-15,19-20H,2-6,9H2,1H3/t14-,15-,16+/m1/s1. The summed E-state index contributed by atoms with van der Waals surface area (Å²) in [5, 5.41) is 14.5. The highest BCUT2D eigenvalue weighted by atomic mass is 79.9. The Hall–Kier alpha value is -0.100. The molecule has 0 bridgehead atoms. The van der Waals surface area contributed by atoms with Crippen molar-refractivity contribution < 1.29 is 9.50 Å². The average Bonchev–Trinajstić information content (AvgIpc) is 2.84. The van der Waals surface area contributed by atoms with E-state index in [2.05, 4.69) is 28.2 Å². The van der Waals surface area contributed by atoms with Crippen LogP contribution in [0.15, 0.2) is 16.6 Å². The van der Waals surface area contributed by atoms with E-state index in [-0.39, 0.29) is 11.9 Å². The van der Waals surface area contributed by atoms with E-state index in [1.165, 1.54) is 6.07 Å². The third kappa shape index (κ3) is 3.03. The molecule has 0 saturated heterocycles. The van der Waals surface area contributed by atoms with Crippen LogP contribution in [0, 0.1) is 5.82 Å². The van der Waals surface area contributed by atoms with Gasteiger partial charge in [0.15, 0.2) is 0 Å². The molecule has 0 heterocycles. The van der Waals surface area contributed by atoms with Crippen LogP contribution in [0.3, 0.4) is 0 Å². The van der Waals surface area contributed by atoms with Crippen molar-refractivity contribution in [3.05, 3.63) is 33.5 Å². The van der Waals surface area contributed by atoms with E-state index in [1.54, 1.807) is 0 Å². The fraction of sp³-hybridized carbons (Fsp3) is 0.625. The van der Waals surface area contributed by atoms with E-state index in [4.69, 9.17) is 0 Å². The molecular weight excluding hydrogens is 353 g/mol. The first-order valence-corrected chi connectivity index (χ1v) is 9.43. The second-order valence-corrected chi connectivity index (χ2v) is 8.41. The molecule has 2 aliphatic carbocycles. The predicted octanol–water partition coefficient (Wildman–Crippen LogP) is 3.81. The quantitative estimate of drug-likeness (QED) is 0.822. The van der Waals surface area contributed by atoms with Crippen molar-refractivity contribution in [2.24, 2.45) is 0 Å². The summed E-state index contributed by atoms with van der Waals surface area (Å²) in [6.07, 6.45) is 3.64. The highest BCUT2D eigenvalue weighted by molar-refractivity contribution is 9.10. The Balaban J connectivity index is 1.66. The monoisotopic (exact) mass is 373 g/mol. The minimum atomic E-state index is -0.589. The normalized spacial score (nSPS) is 31.0. The molecule has 1 fully saturated rings. The van der Waals surface area contributed by atoms with Gasteiger partial charge in [0, 0.05) is 22.3 Å². The van der Waals surface area contributed by atoms with Crippen molar-refractivity contribution >= 4 is 27.7 Å². The minimum Gasteiger partial charge on any atom is -0.387 e. The summed E-state index contributed by atoms with van der Waals surface area (Å²) in [5.74, 6) is 0.919. The zero-order valence-electron chi connectivity index (χ0n) is 12.2. The van der Waals surface area contributed by atoms with Crippen LogP contribution in [0.5, 0.6) is 0 Å². The Morgan fingerprint density at radius 3 is 2.95 bits per heavy atom. The maximum atomic E-state index is 13.9. The molecule has 0 radical (unpaired) electrons. The van der Waals surface area contributed by atoms with Crippen LogP contribution in [0.1, 0.15) is 43.4 Å². The summed E-state index contributed by atoms with van der Waals surface area (Å²) in [6, 6.07) is 3.70. The second-order valence-electron chi connectivity index (χ2n) is 6.01. The maximum absolute atomic E-state index is 13.9. The van der Waals surface area contributed by atoms with Gasteiger partial charge in [-0.1, -0.05) is 22.9 Å². The lowest BCUT2D eigenvalue weighted by Crippen LogP contribution is -2.56. The maximum Gasteiger partial charge on any atom is 0.127 e. The molecule has 1 aromatic carbocycles. The summed E-state index contributed by atoms with van der Waals surface area (Å²) in [4.78, 5) is 0. The number of nitrogens with one attached hydrogen (secondary N) is 1. The number of halogens is 2. The van der Waals surface area contributed by atoms with Crippen LogP contribution in [0.4, 0.5) is 4.39 Å². The number of aliphatic hydroxyl groups is 1. The van der Waals surface area contributed by atoms with Crippen molar-refractivity contribution in [2.45, 2.75) is 49.5 Å². The van der Waals surface area contributed by atoms with Gasteiger partial charge in [-0.25, -0.2) is 4.39 Å². The van der Waals surface area contributed by atoms with E-state index in [1.807, 2.05) is 17.8 Å². The first kappa shape index (κ1) is 15.8. The molecule has 116 valence electrons. The molecule has 1 saturated carbocycles. The summed E-state index contributed by atoms with van der Waals surface area (Å²) >= 11 is 5.21. The molecule has 3 atom stereocenters. The molecule has 2 nitrogen and oxygen atoms in total. The minimum absolute atomic E-state index is 0.120. The number of thioether (sulfide) groups is 1. The van der Waals surface area contributed by atoms with Gasteiger partial charge in [0.25, 0.3) is 0 Å². The second kappa shape index (κ2) is 6.19. The van der Waals surface area contributed by atoms with Crippen LogP contribution < -0.4 is 5.32 Å². The fourth-order valence-electron chi connectivity index (χ4n) is 3.39. The van der Waals surface area contributed by atoms with Gasteiger partial charge in [0.1, 0.15) is 5.82 Å². The Morgan fingerprint density at radius 2 is 2.29 bits per heavy atom. The van der Waals surface area contributed by atoms with Crippen LogP contribution in [-0.4, -0.2) is 28.3 Å². The lowest BCUT2D eigenvalue weighted by molar-refractivity contribution is -0.0253. The number of benzene rings is 1. The Labute approximate surface area is 138 Å². The largest absolute Gasteiger partial charge is 0.387 e. The molecule has 0 spiro atoms. The zero-order chi connectivity index (χ0) is 15.0. The van der Waals surface area contributed by atoms with Gasteiger partial charge in [-0.3, -0.25) is 0 Å². The number of hydrogen-bond donors (Lipinski definition) is 2. The van der Waals surface area contributed by atoms with Crippen molar-refractivity contribution in [3.63, 3.8) is 0 Å². The van der Waals surface area contributed by atoms with Gasteiger partial charge < -0.3 is 10.4 Å². The van der Waals surface area contributed by atoms with Crippen molar-refractivity contribution in [1.82, 2.24) is 5.32 Å². The molecule has 2 aliphatic rings. The van der Waals surface area contributed by atoms with E-state index in [9.17, 15) is 9.50 Å². The molecular formula is C16H21BrFNOS. The SMILES string of the molecule is CCS[C@@H]1CC[C@]1(O)CN[C@@H]1CCc2c(F)cc(Br)cc21. The highest BCUT2D eigenvalue weighted by Crippen LogP contribution is 2.42. The average molecular weight is 374 g/mol. The van der Waals surface area contributed by atoms with Crippen molar-refractivity contribution in [2.75, 3.05) is 12.3 Å². The molecule has 21 heavy (non-hydrogen) atoms. The predicted molar refractivity (Wildman–Crippen MR) is 89.3 cm³/mol. The van der Waals surface area contributed by atoms with Gasteiger partial charge in [0.05, 0.1) is 5.60 Å². The number of rotatable bonds is 5. The number of fused-ring (bicyclic) bond motifs is 1. The van der Waals surface area contributed by atoms with Gasteiger partial charge in [-0.2, -0.15) is 11.8 Å². The van der Waals surface area contributed by atoms with Crippen LogP contribution >= 0.6 is 27.7 Å². The fourth-order valence-corrected chi connectivity index (χ4v) is 5.04. The Bertz CT molecular complexity index is 541. The first-order chi connectivity index (χ1) is 10.0. The molecule has 0 amide bonds. The zero-order valence-corrected chi connectivity index (χ0v) is 14.6. The molecule has 0 aromatic heterocycles. The van der Waals surface area contributed by atoms with E-state index >= 15 is 0 Å². The lowest BCUT2D eigenvalue weighted by Gasteiger charge is -2.45. The third-order valence-electron chi connectivity index (χ3n) is 4.71. The molecule has 5 heteroatoms. The number of hydrogen-bond acceptors (Lipinski definition) is 3. The van der Waals surface area contributed by atoms with E-state index in [0.717, 1.165) is 47.0 Å². The van der Waals surface area contributed by atoms with Gasteiger partial charge in [-0.15, -0.1) is 0 Å². The van der Waals surface area contributed by atoms with Crippen LogP contribution in [-0.2, 0) is 6.42 Å².